The minimum Gasteiger partial charge on any atom is -0.482 e. The summed E-state index contributed by atoms with van der Waals surface area (Å²) >= 11 is 5.95. The molecule has 2 aromatic rings. The Balaban J connectivity index is 1.87. The Hall–Kier alpha value is -2.09. The zero-order chi connectivity index (χ0) is 18.4. The van der Waals surface area contributed by atoms with Gasteiger partial charge < -0.3 is 10.1 Å². The quantitative estimate of drug-likeness (QED) is 0.797. The summed E-state index contributed by atoms with van der Waals surface area (Å²) in [4.78, 5) is 12.0. The molecule has 8 heteroatoms. The molecule has 0 saturated carbocycles. The van der Waals surface area contributed by atoms with Crippen LogP contribution >= 0.6 is 11.6 Å². The topological polar surface area (TPSA) is 75.7 Å². The van der Waals surface area contributed by atoms with Crippen LogP contribution in [0.3, 0.4) is 0 Å². The third-order valence-electron chi connectivity index (χ3n) is 3.39. The predicted octanol–water partition coefficient (Wildman–Crippen LogP) is 2.29. The molecule has 1 amide bonds. The monoisotopic (exact) mass is 382 g/mol. The van der Waals surface area contributed by atoms with Gasteiger partial charge in [-0.2, -0.15) is 0 Å². The van der Waals surface area contributed by atoms with Crippen molar-refractivity contribution in [2.45, 2.75) is 11.4 Å². The summed E-state index contributed by atoms with van der Waals surface area (Å²) in [6, 6.07) is 13.2. The average Bonchev–Trinajstić information content (AvgIpc) is 2.59. The molecule has 0 aliphatic rings. The predicted molar refractivity (Wildman–Crippen MR) is 96.1 cm³/mol. The van der Waals surface area contributed by atoms with Gasteiger partial charge >= 0.3 is 0 Å². The molecule has 25 heavy (non-hydrogen) atoms. The molecule has 0 aromatic heterocycles. The summed E-state index contributed by atoms with van der Waals surface area (Å²) in [6.45, 7) is 0.115. The molecule has 0 saturated heterocycles. The molecule has 0 spiro atoms. The van der Waals surface area contributed by atoms with Gasteiger partial charge in [0.2, 0.25) is 10.0 Å². The van der Waals surface area contributed by atoms with Crippen LogP contribution in [0.1, 0.15) is 5.56 Å². The van der Waals surface area contributed by atoms with E-state index in [4.69, 9.17) is 16.3 Å². The number of carbonyl (C=O) groups excluding carboxylic acids is 1. The summed E-state index contributed by atoms with van der Waals surface area (Å²) in [6.07, 6.45) is 0. The van der Waals surface area contributed by atoms with E-state index < -0.39 is 10.0 Å². The number of sulfonamides is 1. The minimum atomic E-state index is -3.45. The zero-order valence-corrected chi connectivity index (χ0v) is 15.5. The summed E-state index contributed by atoms with van der Waals surface area (Å²) in [7, 11) is -0.505. The summed E-state index contributed by atoms with van der Waals surface area (Å²) < 4.78 is 30.5. The number of hydrogen-bond acceptors (Lipinski definition) is 4. The van der Waals surface area contributed by atoms with Gasteiger partial charge in [-0.15, -0.1) is 0 Å². The third-order valence-corrected chi connectivity index (χ3v) is 5.53. The van der Waals surface area contributed by atoms with Gasteiger partial charge in [-0.1, -0.05) is 35.9 Å². The highest BCUT2D eigenvalue weighted by molar-refractivity contribution is 7.89. The standard InChI is InChI=1S/C17H19ClN2O4S/c1-20(2)25(22,23)14-9-7-13(8-10-14)11-19-17(21)12-24-16-6-4-3-5-15(16)18/h3-10H,11-12H2,1-2H3,(H,19,21). The van der Waals surface area contributed by atoms with Crippen molar-refractivity contribution in [2.24, 2.45) is 0 Å². The van der Waals surface area contributed by atoms with Crippen molar-refractivity contribution < 1.29 is 17.9 Å². The van der Waals surface area contributed by atoms with E-state index in [0.29, 0.717) is 10.8 Å². The highest BCUT2D eigenvalue weighted by atomic mass is 35.5. The van der Waals surface area contributed by atoms with Crippen molar-refractivity contribution in [3.8, 4) is 5.75 Å². The van der Waals surface area contributed by atoms with Gasteiger partial charge in [0.15, 0.2) is 6.61 Å². The maximum Gasteiger partial charge on any atom is 0.258 e. The molecule has 134 valence electrons. The first-order valence-electron chi connectivity index (χ1n) is 7.46. The van der Waals surface area contributed by atoms with Crippen molar-refractivity contribution in [3.05, 3.63) is 59.1 Å². The van der Waals surface area contributed by atoms with Crippen molar-refractivity contribution >= 4 is 27.5 Å². The lowest BCUT2D eigenvalue weighted by molar-refractivity contribution is -0.123. The molecule has 0 atom stereocenters. The Labute approximate surface area is 152 Å². The highest BCUT2D eigenvalue weighted by Gasteiger charge is 2.16. The number of hydrogen-bond donors (Lipinski definition) is 1. The molecule has 1 N–H and O–H groups in total. The number of ether oxygens (including phenoxy) is 1. The second-order valence-electron chi connectivity index (χ2n) is 5.43. The van der Waals surface area contributed by atoms with Gasteiger partial charge in [-0.3, -0.25) is 4.79 Å². The number of nitrogens with zero attached hydrogens (tertiary/aromatic N) is 1. The number of para-hydroxylation sites is 1. The number of amides is 1. The van der Waals surface area contributed by atoms with Gasteiger partial charge in [0.1, 0.15) is 5.75 Å². The third kappa shape index (κ3) is 5.19. The second-order valence-corrected chi connectivity index (χ2v) is 7.99. The van der Waals surface area contributed by atoms with Crippen LogP contribution < -0.4 is 10.1 Å². The molecule has 2 rings (SSSR count). The SMILES string of the molecule is CN(C)S(=O)(=O)c1ccc(CNC(=O)COc2ccccc2Cl)cc1. The molecule has 6 nitrogen and oxygen atoms in total. The molecule has 0 aliphatic heterocycles. The molecule has 0 aliphatic carbocycles. The first kappa shape index (κ1) is 19.2. The Kier molecular flexibility index (Phi) is 6.41. The van der Waals surface area contributed by atoms with Crippen molar-refractivity contribution in [3.63, 3.8) is 0 Å². The fourth-order valence-corrected chi connectivity index (χ4v) is 3.04. The summed E-state index contributed by atoms with van der Waals surface area (Å²) in [5.41, 5.74) is 0.781. The first-order chi connectivity index (χ1) is 11.8. The van der Waals surface area contributed by atoms with E-state index in [-0.39, 0.29) is 24.0 Å². The van der Waals surface area contributed by atoms with E-state index in [0.717, 1.165) is 9.87 Å². The number of nitrogens with one attached hydrogen (secondary N) is 1. The number of rotatable bonds is 7. The molecular weight excluding hydrogens is 364 g/mol. The van der Waals surface area contributed by atoms with Crippen LogP contribution in [0.2, 0.25) is 5.02 Å². The lowest BCUT2D eigenvalue weighted by Gasteiger charge is -2.12. The Morgan fingerprint density at radius 3 is 2.36 bits per heavy atom. The van der Waals surface area contributed by atoms with Crippen molar-refractivity contribution in [2.75, 3.05) is 20.7 Å². The zero-order valence-electron chi connectivity index (χ0n) is 13.9. The Morgan fingerprint density at radius 2 is 1.76 bits per heavy atom. The lowest BCUT2D eigenvalue weighted by atomic mass is 10.2. The molecule has 0 fully saturated rings. The van der Waals surface area contributed by atoms with Crippen LogP contribution in [0.4, 0.5) is 0 Å². The van der Waals surface area contributed by atoms with E-state index in [1.807, 2.05) is 0 Å². The Bertz CT molecular complexity index is 836. The summed E-state index contributed by atoms with van der Waals surface area (Å²) in [5.74, 6) is 0.141. The number of halogens is 1. The van der Waals surface area contributed by atoms with Gasteiger partial charge in [-0.05, 0) is 29.8 Å². The normalized spacial score (nSPS) is 11.4. The maximum atomic E-state index is 12.0. The van der Waals surface area contributed by atoms with E-state index in [2.05, 4.69) is 5.32 Å². The molecule has 0 bridgehead atoms. The van der Waals surface area contributed by atoms with Crippen LogP contribution in [0.25, 0.3) is 0 Å². The maximum absolute atomic E-state index is 12.0. The van der Waals surface area contributed by atoms with Gasteiger partial charge in [0, 0.05) is 20.6 Å². The summed E-state index contributed by atoms with van der Waals surface area (Å²) in [5, 5.41) is 3.14. The van der Waals surface area contributed by atoms with Crippen LogP contribution in [0.15, 0.2) is 53.4 Å². The smallest absolute Gasteiger partial charge is 0.258 e. The second kappa shape index (κ2) is 8.33. The van der Waals surface area contributed by atoms with E-state index in [9.17, 15) is 13.2 Å². The van der Waals surface area contributed by atoms with Crippen molar-refractivity contribution in [1.82, 2.24) is 9.62 Å². The number of benzene rings is 2. The molecule has 0 unspecified atom stereocenters. The molecular formula is C17H19ClN2O4S. The highest BCUT2D eigenvalue weighted by Crippen LogP contribution is 2.22. The van der Waals surface area contributed by atoms with Crippen LogP contribution in [0, 0.1) is 0 Å². The van der Waals surface area contributed by atoms with E-state index in [1.165, 1.54) is 26.2 Å². The van der Waals surface area contributed by atoms with Gasteiger partial charge in [0.05, 0.1) is 9.92 Å². The van der Waals surface area contributed by atoms with E-state index in [1.54, 1.807) is 36.4 Å². The van der Waals surface area contributed by atoms with Gasteiger partial charge in [0.25, 0.3) is 5.91 Å². The van der Waals surface area contributed by atoms with Crippen molar-refractivity contribution in [1.29, 1.82) is 0 Å². The molecule has 2 aromatic carbocycles. The lowest BCUT2D eigenvalue weighted by Crippen LogP contribution is -2.28. The molecule has 0 radical (unpaired) electrons. The average molecular weight is 383 g/mol. The fourth-order valence-electron chi connectivity index (χ4n) is 1.95. The molecule has 0 heterocycles. The number of carbonyl (C=O) groups is 1. The van der Waals surface area contributed by atoms with E-state index >= 15 is 0 Å². The van der Waals surface area contributed by atoms with Crippen LogP contribution in [-0.2, 0) is 21.4 Å². The fraction of sp³-hybridized carbons (Fsp3) is 0.235. The minimum absolute atomic E-state index is 0.156. The first-order valence-corrected chi connectivity index (χ1v) is 9.28. The largest absolute Gasteiger partial charge is 0.482 e. The van der Waals surface area contributed by atoms with Crippen LogP contribution in [0.5, 0.6) is 5.75 Å². The van der Waals surface area contributed by atoms with Crippen LogP contribution in [-0.4, -0.2) is 39.3 Å². The van der Waals surface area contributed by atoms with Gasteiger partial charge in [-0.25, -0.2) is 12.7 Å². The Morgan fingerprint density at radius 1 is 1.12 bits per heavy atom.